The number of aryl methyl sites for hydroxylation is 1. The predicted molar refractivity (Wildman–Crippen MR) is 103 cm³/mol. The molecule has 0 saturated carbocycles. The second-order valence-electron chi connectivity index (χ2n) is 5.89. The molecule has 2 aromatic heterocycles. The lowest BCUT2D eigenvalue weighted by molar-refractivity contribution is 0.0775. The number of para-hydroxylation sites is 1. The topological polar surface area (TPSA) is 65.2 Å². The maximum absolute atomic E-state index is 12.6. The average molecular weight is 408 g/mol. The number of rotatable bonds is 7. The molecule has 7 nitrogen and oxygen atoms in total. The molecule has 1 amide bonds. The van der Waals surface area contributed by atoms with Crippen LogP contribution in [0, 0.1) is 0 Å². The number of amides is 1. The molecule has 2 heterocycles. The van der Waals surface area contributed by atoms with Crippen LogP contribution in [0.4, 0.5) is 0 Å². The minimum Gasteiger partial charge on any atom is -0.468 e. The fraction of sp³-hybridized carbons (Fsp3) is 0.278. The first-order valence-electron chi connectivity index (χ1n) is 8.36. The van der Waals surface area contributed by atoms with Gasteiger partial charge in [0.2, 0.25) is 0 Å². The summed E-state index contributed by atoms with van der Waals surface area (Å²) >= 11 is 12.1. The Hall–Kier alpha value is -2.51. The maximum atomic E-state index is 12.6. The molecule has 3 rings (SSSR count). The molecule has 1 aromatic carbocycles. The minimum absolute atomic E-state index is 0.0847. The fourth-order valence-electron chi connectivity index (χ4n) is 2.47. The van der Waals surface area contributed by atoms with Gasteiger partial charge in [-0.25, -0.2) is 4.68 Å². The van der Waals surface area contributed by atoms with Crippen molar-refractivity contribution in [2.24, 2.45) is 0 Å². The highest BCUT2D eigenvalue weighted by molar-refractivity contribution is 6.37. The lowest BCUT2D eigenvalue weighted by atomic mass is 10.3. The highest BCUT2D eigenvalue weighted by Gasteiger charge is 2.16. The van der Waals surface area contributed by atoms with Crippen molar-refractivity contribution in [3.05, 3.63) is 64.2 Å². The molecule has 0 saturated heterocycles. The van der Waals surface area contributed by atoms with Crippen molar-refractivity contribution in [3.8, 4) is 5.75 Å². The number of hydrogen-bond donors (Lipinski definition) is 0. The SMILES string of the molecule is CCn1ccc(CN(C)C(=O)c2ccn(COc3c(Cl)cccc3Cl)n2)n1. The lowest BCUT2D eigenvalue weighted by Gasteiger charge is -2.14. The summed E-state index contributed by atoms with van der Waals surface area (Å²) in [5, 5.41) is 9.47. The van der Waals surface area contributed by atoms with Crippen molar-refractivity contribution in [2.75, 3.05) is 7.05 Å². The molecule has 0 aliphatic rings. The zero-order valence-electron chi connectivity index (χ0n) is 15.0. The Kier molecular flexibility index (Phi) is 6.03. The van der Waals surface area contributed by atoms with Crippen molar-refractivity contribution < 1.29 is 9.53 Å². The molecular weight excluding hydrogens is 389 g/mol. The van der Waals surface area contributed by atoms with E-state index in [1.165, 1.54) is 4.68 Å². The molecule has 0 spiro atoms. The number of hydrogen-bond acceptors (Lipinski definition) is 4. The van der Waals surface area contributed by atoms with Crippen LogP contribution in [-0.2, 0) is 19.8 Å². The van der Waals surface area contributed by atoms with E-state index >= 15 is 0 Å². The molecule has 9 heteroatoms. The number of carbonyl (C=O) groups is 1. The van der Waals surface area contributed by atoms with E-state index in [1.807, 2.05) is 23.9 Å². The lowest BCUT2D eigenvalue weighted by Crippen LogP contribution is -2.27. The third-order valence-corrected chi connectivity index (χ3v) is 4.48. The maximum Gasteiger partial charge on any atom is 0.274 e. The van der Waals surface area contributed by atoms with Gasteiger partial charge in [-0.1, -0.05) is 29.3 Å². The number of benzene rings is 1. The normalized spacial score (nSPS) is 10.8. The summed E-state index contributed by atoms with van der Waals surface area (Å²) in [6.45, 7) is 3.29. The number of nitrogens with zero attached hydrogens (tertiary/aromatic N) is 5. The van der Waals surface area contributed by atoms with Gasteiger partial charge in [0.15, 0.2) is 18.2 Å². The van der Waals surface area contributed by atoms with E-state index in [9.17, 15) is 4.79 Å². The zero-order chi connectivity index (χ0) is 19.4. The number of carbonyl (C=O) groups excluding carboxylic acids is 1. The Labute approximate surface area is 167 Å². The van der Waals surface area contributed by atoms with Gasteiger partial charge in [0.1, 0.15) is 0 Å². The molecule has 27 heavy (non-hydrogen) atoms. The monoisotopic (exact) mass is 407 g/mol. The third kappa shape index (κ3) is 4.61. The van der Waals surface area contributed by atoms with Crippen LogP contribution in [0.2, 0.25) is 10.0 Å². The minimum atomic E-state index is -0.199. The highest BCUT2D eigenvalue weighted by atomic mass is 35.5. The van der Waals surface area contributed by atoms with E-state index in [0.717, 1.165) is 12.2 Å². The Bertz CT molecular complexity index is 917. The van der Waals surface area contributed by atoms with E-state index in [-0.39, 0.29) is 12.6 Å². The van der Waals surface area contributed by atoms with Gasteiger partial charge in [0, 0.05) is 26.0 Å². The van der Waals surface area contributed by atoms with Crippen molar-refractivity contribution in [1.29, 1.82) is 0 Å². The summed E-state index contributed by atoms with van der Waals surface area (Å²) in [7, 11) is 1.71. The number of aromatic nitrogens is 4. The fourth-order valence-corrected chi connectivity index (χ4v) is 2.98. The Morgan fingerprint density at radius 3 is 2.48 bits per heavy atom. The van der Waals surface area contributed by atoms with E-state index < -0.39 is 0 Å². The van der Waals surface area contributed by atoms with Crippen LogP contribution in [0.15, 0.2) is 42.7 Å². The number of halogens is 2. The molecule has 3 aromatic rings. The Morgan fingerprint density at radius 2 is 1.81 bits per heavy atom. The first-order valence-corrected chi connectivity index (χ1v) is 9.11. The van der Waals surface area contributed by atoms with Gasteiger partial charge in [-0.05, 0) is 31.2 Å². The summed E-state index contributed by atoms with van der Waals surface area (Å²) in [6, 6.07) is 8.65. The van der Waals surface area contributed by atoms with Crippen LogP contribution in [0.3, 0.4) is 0 Å². The van der Waals surface area contributed by atoms with Gasteiger partial charge < -0.3 is 9.64 Å². The molecule has 0 bridgehead atoms. The van der Waals surface area contributed by atoms with Crippen molar-refractivity contribution in [1.82, 2.24) is 24.5 Å². The van der Waals surface area contributed by atoms with Crippen molar-refractivity contribution >= 4 is 29.1 Å². The van der Waals surface area contributed by atoms with E-state index in [2.05, 4.69) is 10.2 Å². The Balaban J connectivity index is 1.61. The summed E-state index contributed by atoms with van der Waals surface area (Å²) in [4.78, 5) is 14.1. The molecule has 0 aliphatic heterocycles. The molecule has 0 aliphatic carbocycles. The molecule has 0 radical (unpaired) electrons. The first-order chi connectivity index (χ1) is 13.0. The quantitative estimate of drug-likeness (QED) is 0.598. The average Bonchev–Trinajstić information content (AvgIpc) is 3.30. The van der Waals surface area contributed by atoms with Crippen molar-refractivity contribution in [2.45, 2.75) is 26.7 Å². The largest absolute Gasteiger partial charge is 0.468 e. The van der Waals surface area contributed by atoms with Crippen LogP contribution in [-0.4, -0.2) is 37.4 Å². The molecule has 0 atom stereocenters. The van der Waals surface area contributed by atoms with Gasteiger partial charge in [0.25, 0.3) is 5.91 Å². The van der Waals surface area contributed by atoms with Gasteiger partial charge in [-0.2, -0.15) is 10.2 Å². The second-order valence-corrected chi connectivity index (χ2v) is 6.70. The number of ether oxygens (including phenoxy) is 1. The summed E-state index contributed by atoms with van der Waals surface area (Å²) in [6.07, 6.45) is 3.55. The van der Waals surface area contributed by atoms with E-state index in [0.29, 0.717) is 28.0 Å². The second kappa shape index (κ2) is 8.45. The summed E-state index contributed by atoms with van der Waals surface area (Å²) in [5.74, 6) is 0.184. The predicted octanol–water partition coefficient (Wildman–Crippen LogP) is 3.72. The third-order valence-electron chi connectivity index (χ3n) is 3.89. The van der Waals surface area contributed by atoms with E-state index in [1.54, 1.807) is 42.4 Å². The standard InChI is InChI=1S/C18H19Cl2N5O2/c1-3-24-9-7-13(21-24)11-23(2)18(26)16-8-10-25(22-16)12-27-17-14(19)5-4-6-15(17)20/h4-10H,3,11-12H2,1-2H3. The molecule has 0 fully saturated rings. The molecule has 0 N–H and O–H groups in total. The Morgan fingerprint density at radius 1 is 1.11 bits per heavy atom. The van der Waals surface area contributed by atoms with Gasteiger partial charge in [-0.15, -0.1) is 0 Å². The highest BCUT2D eigenvalue weighted by Crippen LogP contribution is 2.32. The van der Waals surface area contributed by atoms with Crippen LogP contribution < -0.4 is 4.74 Å². The van der Waals surface area contributed by atoms with Gasteiger partial charge in [0.05, 0.1) is 22.3 Å². The van der Waals surface area contributed by atoms with Crippen molar-refractivity contribution in [3.63, 3.8) is 0 Å². The van der Waals surface area contributed by atoms with Gasteiger partial charge >= 0.3 is 0 Å². The van der Waals surface area contributed by atoms with Gasteiger partial charge in [-0.3, -0.25) is 9.48 Å². The van der Waals surface area contributed by atoms with Crippen LogP contribution >= 0.6 is 23.2 Å². The van der Waals surface area contributed by atoms with Crippen LogP contribution in [0.5, 0.6) is 5.75 Å². The summed E-state index contributed by atoms with van der Waals surface area (Å²) < 4.78 is 8.94. The van der Waals surface area contributed by atoms with Crippen LogP contribution in [0.1, 0.15) is 23.1 Å². The smallest absolute Gasteiger partial charge is 0.274 e. The first kappa shape index (κ1) is 19.3. The van der Waals surface area contributed by atoms with Crippen LogP contribution in [0.25, 0.3) is 0 Å². The summed E-state index contributed by atoms with van der Waals surface area (Å²) in [5.41, 5.74) is 1.14. The van der Waals surface area contributed by atoms with E-state index in [4.69, 9.17) is 27.9 Å². The molecule has 0 unspecified atom stereocenters. The molecule has 142 valence electrons. The molecular formula is C18H19Cl2N5O2. The zero-order valence-corrected chi connectivity index (χ0v) is 16.5.